The highest BCUT2D eigenvalue weighted by Crippen LogP contribution is 2.40. The van der Waals surface area contributed by atoms with E-state index in [1.165, 1.54) is 4.90 Å². The lowest BCUT2D eigenvalue weighted by Gasteiger charge is -2.18. The van der Waals surface area contributed by atoms with Crippen LogP contribution in [-0.2, 0) is 4.79 Å². The van der Waals surface area contributed by atoms with E-state index in [9.17, 15) is 9.59 Å². The minimum atomic E-state index is -0.924. The fourth-order valence-corrected chi connectivity index (χ4v) is 1.87. The Labute approximate surface area is 111 Å². The Morgan fingerprint density at radius 3 is 2.68 bits per heavy atom. The summed E-state index contributed by atoms with van der Waals surface area (Å²) in [6.07, 6.45) is 2.11. The van der Waals surface area contributed by atoms with Gasteiger partial charge in [0, 0.05) is 19.5 Å². The molecule has 1 atom stereocenters. The monoisotopic (exact) mass is 266 g/mol. The van der Waals surface area contributed by atoms with Gasteiger partial charge >= 0.3 is 5.97 Å². The van der Waals surface area contributed by atoms with E-state index in [0.717, 1.165) is 12.8 Å². The van der Waals surface area contributed by atoms with Gasteiger partial charge in [0.2, 0.25) is 5.76 Å². The van der Waals surface area contributed by atoms with Crippen LogP contribution in [0.5, 0.6) is 0 Å². The van der Waals surface area contributed by atoms with E-state index in [2.05, 4.69) is 4.98 Å². The molecule has 1 aliphatic rings. The quantitative estimate of drug-likeness (QED) is 0.876. The number of hydrogen-bond donors (Lipinski definition) is 1. The maximum absolute atomic E-state index is 12.2. The smallest absolute Gasteiger partial charge is 0.308 e. The first-order valence-electron chi connectivity index (χ1n) is 6.35. The van der Waals surface area contributed by atoms with E-state index in [1.807, 2.05) is 0 Å². The van der Waals surface area contributed by atoms with Crippen molar-refractivity contribution in [3.63, 3.8) is 0 Å². The number of oxazole rings is 1. The molecule has 0 aliphatic heterocycles. The summed E-state index contributed by atoms with van der Waals surface area (Å²) < 4.78 is 5.51. The Morgan fingerprint density at radius 2 is 2.16 bits per heavy atom. The van der Waals surface area contributed by atoms with Crippen LogP contribution in [0.25, 0.3) is 0 Å². The van der Waals surface area contributed by atoms with E-state index in [4.69, 9.17) is 9.52 Å². The van der Waals surface area contributed by atoms with Gasteiger partial charge in [0.1, 0.15) is 0 Å². The van der Waals surface area contributed by atoms with Crippen molar-refractivity contribution in [2.24, 2.45) is 5.92 Å². The van der Waals surface area contributed by atoms with Crippen molar-refractivity contribution in [2.75, 3.05) is 13.6 Å². The highest BCUT2D eigenvalue weighted by molar-refractivity contribution is 5.92. The molecule has 1 aromatic rings. The maximum atomic E-state index is 12.2. The lowest BCUT2D eigenvalue weighted by Crippen LogP contribution is -2.33. The third-order valence-corrected chi connectivity index (χ3v) is 3.25. The van der Waals surface area contributed by atoms with Gasteiger partial charge in [0.15, 0.2) is 5.89 Å². The Kier molecular flexibility index (Phi) is 3.59. The molecule has 1 aliphatic carbocycles. The zero-order valence-electron chi connectivity index (χ0n) is 11.3. The van der Waals surface area contributed by atoms with Gasteiger partial charge < -0.3 is 14.4 Å². The summed E-state index contributed by atoms with van der Waals surface area (Å²) in [6.45, 7) is 3.44. The van der Waals surface area contributed by atoms with Crippen LogP contribution in [0, 0.1) is 12.8 Å². The molecule has 1 aromatic heterocycles. The number of amides is 1. The van der Waals surface area contributed by atoms with Crippen molar-refractivity contribution in [3.05, 3.63) is 17.3 Å². The molecule has 1 fully saturated rings. The minimum absolute atomic E-state index is 0.146. The first kappa shape index (κ1) is 13.6. The van der Waals surface area contributed by atoms with Crippen LogP contribution in [0.4, 0.5) is 0 Å². The van der Waals surface area contributed by atoms with Crippen molar-refractivity contribution in [2.45, 2.75) is 32.6 Å². The predicted molar refractivity (Wildman–Crippen MR) is 67.0 cm³/mol. The number of carboxylic acids is 1. The Bertz CT molecular complexity index is 505. The maximum Gasteiger partial charge on any atom is 0.308 e. The summed E-state index contributed by atoms with van der Waals surface area (Å²) in [4.78, 5) is 28.6. The molecule has 19 heavy (non-hydrogen) atoms. The van der Waals surface area contributed by atoms with Gasteiger partial charge in [0.25, 0.3) is 5.91 Å². The summed E-state index contributed by atoms with van der Waals surface area (Å²) >= 11 is 0. The Morgan fingerprint density at radius 1 is 1.53 bits per heavy atom. The van der Waals surface area contributed by atoms with Crippen molar-refractivity contribution in [3.8, 4) is 0 Å². The summed E-state index contributed by atoms with van der Waals surface area (Å²) in [6, 6.07) is 0. The molecule has 0 saturated heterocycles. The number of carbonyl (C=O) groups excluding carboxylic acids is 1. The molecular weight excluding hydrogens is 248 g/mol. The van der Waals surface area contributed by atoms with Gasteiger partial charge in [-0.25, -0.2) is 4.98 Å². The Balaban J connectivity index is 2.07. The summed E-state index contributed by atoms with van der Waals surface area (Å²) in [5.41, 5.74) is 0.571. The molecular formula is C13H18N2O4. The second-order valence-corrected chi connectivity index (χ2v) is 5.17. The van der Waals surface area contributed by atoms with Crippen LogP contribution < -0.4 is 0 Å². The molecule has 0 spiro atoms. The highest BCUT2D eigenvalue weighted by Gasteiger charge is 2.31. The van der Waals surface area contributed by atoms with Crippen molar-refractivity contribution < 1.29 is 19.1 Å². The second kappa shape index (κ2) is 5.03. The van der Waals surface area contributed by atoms with Gasteiger partial charge in [0.05, 0.1) is 11.6 Å². The number of hydrogen-bond acceptors (Lipinski definition) is 4. The zero-order valence-corrected chi connectivity index (χ0v) is 11.3. The standard InChI is InChI=1S/C13H18N2O4/c1-7(13(17)18)6-15(3)12(16)10-8(2)14-11(19-10)9-4-5-9/h7,9H,4-6H2,1-3H3,(H,17,18). The lowest BCUT2D eigenvalue weighted by molar-refractivity contribution is -0.141. The summed E-state index contributed by atoms with van der Waals surface area (Å²) in [5.74, 6) is -0.649. The van der Waals surface area contributed by atoms with E-state index < -0.39 is 11.9 Å². The Hall–Kier alpha value is -1.85. The molecule has 0 radical (unpaired) electrons. The predicted octanol–water partition coefficient (Wildman–Crippen LogP) is 1.65. The minimum Gasteiger partial charge on any atom is -0.481 e. The van der Waals surface area contributed by atoms with Gasteiger partial charge in [-0.3, -0.25) is 9.59 Å². The van der Waals surface area contributed by atoms with Crippen LogP contribution in [0.1, 0.15) is 47.8 Å². The number of nitrogens with zero attached hydrogens (tertiary/aromatic N) is 2. The van der Waals surface area contributed by atoms with Gasteiger partial charge in [-0.1, -0.05) is 6.92 Å². The van der Waals surface area contributed by atoms with Gasteiger partial charge in [-0.05, 0) is 19.8 Å². The van der Waals surface area contributed by atoms with Crippen molar-refractivity contribution in [1.82, 2.24) is 9.88 Å². The second-order valence-electron chi connectivity index (χ2n) is 5.17. The highest BCUT2D eigenvalue weighted by atomic mass is 16.4. The molecule has 1 heterocycles. The number of aryl methyl sites for hydroxylation is 1. The van der Waals surface area contributed by atoms with E-state index in [1.54, 1.807) is 20.9 Å². The zero-order chi connectivity index (χ0) is 14.2. The van der Waals surface area contributed by atoms with Gasteiger partial charge in [-0.2, -0.15) is 0 Å². The van der Waals surface area contributed by atoms with E-state index in [-0.39, 0.29) is 18.2 Å². The first-order chi connectivity index (χ1) is 8.90. The van der Waals surface area contributed by atoms with Crippen LogP contribution in [0.3, 0.4) is 0 Å². The summed E-state index contributed by atoms with van der Waals surface area (Å²) in [5, 5.41) is 8.85. The lowest BCUT2D eigenvalue weighted by atomic mass is 10.1. The number of carbonyl (C=O) groups is 2. The molecule has 1 N–H and O–H groups in total. The topological polar surface area (TPSA) is 83.6 Å². The summed E-state index contributed by atoms with van der Waals surface area (Å²) in [7, 11) is 1.57. The van der Waals surface area contributed by atoms with Gasteiger partial charge in [-0.15, -0.1) is 0 Å². The number of aromatic nitrogens is 1. The first-order valence-corrected chi connectivity index (χ1v) is 6.35. The molecule has 6 nitrogen and oxygen atoms in total. The van der Waals surface area contributed by atoms with Crippen LogP contribution in [0.2, 0.25) is 0 Å². The third-order valence-electron chi connectivity index (χ3n) is 3.25. The molecule has 1 saturated carbocycles. The number of rotatable bonds is 5. The normalized spacial score (nSPS) is 16.2. The van der Waals surface area contributed by atoms with E-state index >= 15 is 0 Å². The molecule has 1 unspecified atom stereocenters. The van der Waals surface area contributed by atoms with Crippen LogP contribution >= 0.6 is 0 Å². The van der Waals surface area contributed by atoms with E-state index in [0.29, 0.717) is 17.5 Å². The number of aliphatic carboxylic acids is 1. The molecule has 2 rings (SSSR count). The molecule has 0 bridgehead atoms. The van der Waals surface area contributed by atoms with Crippen molar-refractivity contribution >= 4 is 11.9 Å². The largest absolute Gasteiger partial charge is 0.481 e. The average Bonchev–Trinajstić information content (AvgIpc) is 3.12. The fourth-order valence-electron chi connectivity index (χ4n) is 1.87. The van der Waals surface area contributed by atoms with Crippen LogP contribution in [0.15, 0.2) is 4.42 Å². The SMILES string of the molecule is Cc1nc(C2CC2)oc1C(=O)N(C)CC(C)C(=O)O. The molecule has 0 aromatic carbocycles. The molecule has 6 heteroatoms. The number of carboxylic acid groups (broad SMARTS) is 1. The van der Waals surface area contributed by atoms with Crippen LogP contribution in [-0.4, -0.2) is 40.5 Å². The fraction of sp³-hybridized carbons (Fsp3) is 0.615. The van der Waals surface area contributed by atoms with Crippen molar-refractivity contribution in [1.29, 1.82) is 0 Å². The average molecular weight is 266 g/mol. The molecule has 1 amide bonds. The molecule has 104 valence electrons. The third kappa shape index (κ3) is 2.94.